The molecule has 2 unspecified atom stereocenters. The van der Waals surface area contributed by atoms with Crippen LogP contribution in [0.3, 0.4) is 0 Å². The summed E-state index contributed by atoms with van der Waals surface area (Å²) < 4.78 is 2.05. The first kappa shape index (κ1) is 15.2. The van der Waals surface area contributed by atoms with Crippen molar-refractivity contribution in [3.05, 3.63) is 12.2 Å². The Labute approximate surface area is 111 Å². The van der Waals surface area contributed by atoms with Crippen LogP contribution >= 0.6 is 0 Å². The van der Waals surface area contributed by atoms with E-state index < -0.39 is 0 Å². The highest BCUT2D eigenvalue weighted by Crippen LogP contribution is 2.14. The van der Waals surface area contributed by atoms with E-state index in [-0.39, 0.29) is 0 Å². The standard InChI is InChI=1S/C14H28N4/c1-6-7-12(4)13(15-5)8-14-16-10-17-18(14)9-11(2)3/h10-13,15H,6-9H2,1-5H3. The minimum Gasteiger partial charge on any atom is -0.316 e. The lowest BCUT2D eigenvalue weighted by Gasteiger charge is -2.23. The summed E-state index contributed by atoms with van der Waals surface area (Å²) in [5.74, 6) is 2.38. The van der Waals surface area contributed by atoms with Crippen LogP contribution in [0.15, 0.2) is 6.33 Å². The molecule has 1 aromatic heterocycles. The predicted octanol–water partition coefficient (Wildman–Crippen LogP) is 2.50. The molecule has 1 heterocycles. The predicted molar refractivity (Wildman–Crippen MR) is 75.5 cm³/mol. The maximum Gasteiger partial charge on any atom is 0.138 e. The third kappa shape index (κ3) is 4.41. The number of likely N-dealkylation sites (N-methyl/N-ethyl adjacent to an activating group) is 1. The quantitative estimate of drug-likeness (QED) is 0.773. The topological polar surface area (TPSA) is 42.7 Å². The average Bonchev–Trinajstić information content (AvgIpc) is 2.72. The van der Waals surface area contributed by atoms with Crippen LogP contribution in [0.1, 0.15) is 46.4 Å². The zero-order chi connectivity index (χ0) is 13.5. The Hall–Kier alpha value is -0.900. The zero-order valence-electron chi connectivity index (χ0n) is 12.5. The molecular weight excluding hydrogens is 224 g/mol. The van der Waals surface area contributed by atoms with E-state index in [0.29, 0.717) is 17.9 Å². The average molecular weight is 252 g/mol. The molecule has 0 saturated carbocycles. The molecule has 104 valence electrons. The van der Waals surface area contributed by atoms with Gasteiger partial charge in [0.05, 0.1) is 0 Å². The molecule has 0 spiro atoms. The van der Waals surface area contributed by atoms with Gasteiger partial charge < -0.3 is 5.32 Å². The second kappa shape index (κ2) is 7.52. The molecule has 0 aliphatic rings. The molecule has 0 saturated heterocycles. The maximum absolute atomic E-state index is 4.41. The van der Waals surface area contributed by atoms with E-state index in [1.54, 1.807) is 6.33 Å². The molecule has 0 bridgehead atoms. The lowest BCUT2D eigenvalue weighted by Crippen LogP contribution is -2.35. The Morgan fingerprint density at radius 2 is 2.06 bits per heavy atom. The van der Waals surface area contributed by atoms with Crippen molar-refractivity contribution >= 4 is 0 Å². The van der Waals surface area contributed by atoms with Crippen molar-refractivity contribution in [2.75, 3.05) is 7.05 Å². The molecule has 0 radical (unpaired) electrons. The van der Waals surface area contributed by atoms with Gasteiger partial charge in [0.2, 0.25) is 0 Å². The lowest BCUT2D eigenvalue weighted by atomic mass is 9.94. The number of hydrogen-bond acceptors (Lipinski definition) is 3. The van der Waals surface area contributed by atoms with Crippen LogP contribution in [0.25, 0.3) is 0 Å². The maximum atomic E-state index is 4.41. The second-order valence-electron chi connectivity index (χ2n) is 5.62. The zero-order valence-corrected chi connectivity index (χ0v) is 12.5. The first-order valence-electron chi connectivity index (χ1n) is 7.12. The van der Waals surface area contributed by atoms with Gasteiger partial charge in [-0.15, -0.1) is 0 Å². The van der Waals surface area contributed by atoms with Gasteiger partial charge in [0, 0.05) is 19.0 Å². The van der Waals surface area contributed by atoms with Gasteiger partial charge in [-0.25, -0.2) is 9.67 Å². The van der Waals surface area contributed by atoms with Gasteiger partial charge in [0.25, 0.3) is 0 Å². The number of aromatic nitrogens is 3. The first-order valence-corrected chi connectivity index (χ1v) is 7.12. The van der Waals surface area contributed by atoms with Crippen LogP contribution in [0, 0.1) is 11.8 Å². The summed E-state index contributed by atoms with van der Waals surface area (Å²) in [4.78, 5) is 4.41. The number of nitrogens with one attached hydrogen (secondary N) is 1. The van der Waals surface area contributed by atoms with Gasteiger partial charge in [0.15, 0.2) is 0 Å². The van der Waals surface area contributed by atoms with Gasteiger partial charge in [-0.3, -0.25) is 0 Å². The molecule has 0 amide bonds. The van der Waals surface area contributed by atoms with E-state index in [2.05, 4.69) is 43.1 Å². The van der Waals surface area contributed by atoms with Gasteiger partial charge in [-0.2, -0.15) is 5.10 Å². The van der Waals surface area contributed by atoms with Crippen molar-refractivity contribution in [3.8, 4) is 0 Å². The summed E-state index contributed by atoms with van der Waals surface area (Å²) in [6, 6.07) is 0.486. The van der Waals surface area contributed by atoms with Crippen LogP contribution in [0.2, 0.25) is 0 Å². The van der Waals surface area contributed by atoms with Crippen molar-refractivity contribution in [2.45, 2.75) is 59.5 Å². The third-order valence-corrected chi connectivity index (χ3v) is 3.44. The molecule has 1 aromatic rings. The van der Waals surface area contributed by atoms with Gasteiger partial charge >= 0.3 is 0 Å². The summed E-state index contributed by atoms with van der Waals surface area (Å²) in [7, 11) is 2.04. The summed E-state index contributed by atoms with van der Waals surface area (Å²) in [5, 5.41) is 7.75. The number of hydrogen-bond donors (Lipinski definition) is 1. The molecule has 0 fully saturated rings. The highest BCUT2D eigenvalue weighted by molar-refractivity contribution is 4.91. The van der Waals surface area contributed by atoms with E-state index in [1.165, 1.54) is 12.8 Å². The van der Waals surface area contributed by atoms with Crippen LogP contribution in [0.4, 0.5) is 0 Å². The molecule has 0 aliphatic heterocycles. The van der Waals surface area contributed by atoms with Gasteiger partial charge in [-0.1, -0.05) is 34.1 Å². The van der Waals surface area contributed by atoms with Crippen molar-refractivity contribution in [1.29, 1.82) is 0 Å². The molecule has 18 heavy (non-hydrogen) atoms. The van der Waals surface area contributed by atoms with E-state index in [4.69, 9.17) is 0 Å². The largest absolute Gasteiger partial charge is 0.316 e. The summed E-state index contributed by atoms with van der Waals surface area (Å²) >= 11 is 0. The Morgan fingerprint density at radius 1 is 1.33 bits per heavy atom. The van der Waals surface area contributed by atoms with Crippen molar-refractivity contribution in [1.82, 2.24) is 20.1 Å². The van der Waals surface area contributed by atoms with Crippen molar-refractivity contribution in [2.24, 2.45) is 11.8 Å². The lowest BCUT2D eigenvalue weighted by molar-refractivity contribution is 0.356. The molecule has 0 aromatic carbocycles. The second-order valence-corrected chi connectivity index (χ2v) is 5.62. The molecule has 2 atom stereocenters. The highest BCUT2D eigenvalue weighted by Gasteiger charge is 2.18. The van der Waals surface area contributed by atoms with Crippen LogP contribution in [-0.2, 0) is 13.0 Å². The molecule has 1 rings (SSSR count). The minimum atomic E-state index is 0.486. The van der Waals surface area contributed by atoms with Crippen LogP contribution in [0.5, 0.6) is 0 Å². The molecule has 1 N–H and O–H groups in total. The number of nitrogens with zero attached hydrogens (tertiary/aromatic N) is 3. The van der Waals surface area contributed by atoms with Gasteiger partial charge in [-0.05, 0) is 25.3 Å². The van der Waals surface area contributed by atoms with Crippen molar-refractivity contribution < 1.29 is 0 Å². The number of rotatable bonds is 8. The molecule has 4 heteroatoms. The highest BCUT2D eigenvalue weighted by atomic mass is 15.3. The monoisotopic (exact) mass is 252 g/mol. The summed E-state index contributed by atoms with van der Waals surface area (Å²) in [6.45, 7) is 9.92. The van der Waals surface area contributed by atoms with E-state index in [0.717, 1.165) is 18.8 Å². The Balaban J connectivity index is 2.66. The van der Waals surface area contributed by atoms with E-state index >= 15 is 0 Å². The van der Waals surface area contributed by atoms with E-state index in [1.807, 2.05) is 11.7 Å². The Kier molecular flexibility index (Phi) is 6.33. The van der Waals surface area contributed by atoms with Crippen molar-refractivity contribution in [3.63, 3.8) is 0 Å². The first-order chi connectivity index (χ1) is 8.58. The van der Waals surface area contributed by atoms with Gasteiger partial charge in [0.1, 0.15) is 12.2 Å². The Bertz CT molecular complexity index is 332. The smallest absolute Gasteiger partial charge is 0.138 e. The fraction of sp³-hybridized carbons (Fsp3) is 0.857. The van der Waals surface area contributed by atoms with Crippen LogP contribution < -0.4 is 5.32 Å². The van der Waals surface area contributed by atoms with Crippen LogP contribution in [-0.4, -0.2) is 27.9 Å². The third-order valence-electron chi connectivity index (χ3n) is 3.44. The summed E-state index contributed by atoms with van der Waals surface area (Å²) in [6.07, 6.45) is 5.13. The van der Waals surface area contributed by atoms with E-state index in [9.17, 15) is 0 Å². The Morgan fingerprint density at radius 3 is 2.61 bits per heavy atom. The fourth-order valence-electron chi connectivity index (χ4n) is 2.39. The molecular formula is C14H28N4. The SMILES string of the molecule is CCCC(C)C(Cc1ncnn1CC(C)C)NC. The minimum absolute atomic E-state index is 0.486. The summed E-state index contributed by atoms with van der Waals surface area (Å²) in [5.41, 5.74) is 0. The fourth-order valence-corrected chi connectivity index (χ4v) is 2.39. The molecule has 4 nitrogen and oxygen atoms in total. The normalized spacial score (nSPS) is 15.0. The molecule has 0 aliphatic carbocycles.